The lowest BCUT2D eigenvalue weighted by Gasteiger charge is -2.29. The molecule has 0 saturated carbocycles. The standard InChI is InChI=1S/C16H32N4/c1-12(2)9-17-10-14-13(3)18-20(8)15(14)19(7)11-16(4,5)6/h12,17H,9-11H2,1-8H3. The summed E-state index contributed by atoms with van der Waals surface area (Å²) in [6.45, 7) is 16.3. The molecule has 0 atom stereocenters. The van der Waals surface area contributed by atoms with Crippen molar-refractivity contribution in [3.05, 3.63) is 11.3 Å². The van der Waals surface area contributed by atoms with Gasteiger partial charge in [-0.3, -0.25) is 4.68 Å². The van der Waals surface area contributed by atoms with E-state index in [4.69, 9.17) is 0 Å². The molecule has 4 nitrogen and oxygen atoms in total. The minimum absolute atomic E-state index is 0.273. The third-order valence-electron chi connectivity index (χ3n) is 3.24. The summed E-state index contributed by atoms with van der Waals surface area (Å²) in [5.41, 5.74) is 2.72. The number of rotatable bonds is 6. The lowest BCUT2D eigenvalue weighted by molar-refractivity contribution is 0.415. The molecule has 0 aliphatic rings. The topological polar surface area (TPSA) is 33.1 Å². The fraction of sp³-hybridized carbons (Fsp3) is 0.812. The van der Waals surface area contributed by atoms with Crippen LogP contribution in [0.2, 0.25) is 0 Å². The van der Waals surface area contributed by atoms with Crippen molar-refractivity contribution in [2.24, 2.45) is 18.4 Å². The first-order valence-electron chi connectivity index (χ1n) is 7.56. The maximum absolute atomic E-state index is 4.59. The van der Waals surface area contributed by atoms with Gasteiger partial charge < -0.3 is 10.2 Å². The van der Waals surface area contributed by atoms with Gasteiger partial charge in [0.25, 0.3) is 0 Å². The summed E-state index contributed by atoms with van der Waals surface area (Å²) < 4.78 is 2.01. The molecule has 0 unspecified atom stereocenters. The van der Waals surface area contributed by atoms with Gasteiger partial charge in [0.05, 0.1) is 5.69 Å². The van der Waals surface area contributed by atoms with Crippen molar-refractivity contribution in [2.45, 2.75) is 48.1 Å². The number of hydrogen-bond acceptors (Lipinski definition) is 3. The van der Waals surface area contributed by atoms with Crippen molar-refractivity contribution >= 4 is 5.82 Å². The number of anilines is 1. The Kier molecular flexibility index (Phi) is 5.63. The Labute approximate surface area is 124 Å². The second-order valence-electron chi connectivity index (χ2n) is 7.45. The average molecular weight is 280 g/mol. The van der Waals surface area contributed by atoms with E-state index in [0.29, 0.717) is 5.92 Å². The number of hydrogen-bond donors (Lipinski definition) is 1. The summed E-state index contributed by atoms with van der Waals surface area (Å²) in [6.07, 6.45) is 0. The largest absolute Gasteiger partial charge is 0.359 e. The van der Waals surface area contributed by atoms with Crippen LogP contribution in [0.5, 0.6) is 0 Å². The van der Waals surface area contributed by atoms with E-state index < -0.39 is 0 Å². The van der Waals surface area contributed by atoms with Crippen LogP contribution in [0.4, 0.5) is 5.82 Å². The molecule has 1 rings (SSSR count). The van der Waals surface area contributed by atoms with E-state index >= 15 is 0 Å². The first-order chi connectivity index (χ1) is 9.11. The van der Waals surface area contributed by atoms with Crippen LogP contribution in [0.25, 0.3) is 0 Å². The van der Waals surface area contributed by atoms with Crippen LogP contribution in [-0.2, 0) is 13.6 Å². The molecule has 0 bridgehead atoms. The maximum atomic E-state index is 4.59. The first-order valence-corrected chi connectivity index (χ1v) is 7.56. The van der Waals surface area contributed by atoms with Crippen molar-refractivity contribution in [3.63, 3.8) is 0 Å². The Bertz CT molecular complexity index is 426. The van der Waals surface area contributed by atoms with E-state index in [9.17, 15) is 0 Å². The van der Waals surface area contributed by atoms with Gasteiger partial charge >= 0.3 is 0 Å². The first kappa shape index (κ1) is 17.0. The van der Waals surface area contributed by atoms with Crippen LogP contribution in [0.15, 0.2) is 0 Å². The SMILES string of the molecule is Cc1nn(C)c(N(C)CC(C)(C)C)c1CNCC(C)C. The molecule has 0 aliphatic carbocycles. The Balaban J connectivity index is 2.89. The fourth-order valence-electron chi connectivity index (χ4n) is 2.65. The highest BCUT2D eigenvalue weighted by Crippen LogP contribution is 2.25. The molecule has 20 heavy (non-hydrogen) atoms. The van der Waals surface area contributed by atoms with E-state index in [1.165, 1.54) is 11.4 Å². The Morgan fingerprint density at radius 1 is 1.30 bits per heavy atom. The zero-order valence-corrected chi connectivity index (χ0v) is 14.5. The second kappa shape index (κ2) is 6.61. The molecule has 0 spiro atoms. The lowest BCUT2D eigenvalue weighted by Crippen LogP contribution is -2.31. The van der Waals surface area contributed by atoms with Crippen molar-refractivity contribution in [3.8, 4) is 0 Å². The number of aryl methyl sites for hydroxylation is 2. The number of nitrogens with zero attached hydrogens (tertiary/aromatic N) is 3. The molecule has 0 amide bonds. The fourth-order valence-corrected chi connectivity index (χ4v) is 2.65. The van der Waals surface area contributed by atoms with Gasteiger partial charge in [-0.2, -0.15) is 5.10 Å². The van der Waals surface area contributed by atoms with Crippen LogP contribution in [-0.4, -0.2) is 29.9 Å². The zero-order valence-electron chi connectivity index (χ0n) is 14.5. The third-order valence-corrected chi connectivity index (χ3v) is 3.24. The van der Waals surface area contributed by atoms with E-state index in [1.807, 2.05) is 11.7 Å². The highest BCUT2D eigenvalue weighted by molar-refractivity contribution is 5.49. The van der Waals surface area contributed by atoms with Gasteiger partial charge in [0.2, 0.25) is 0 Å². The monoisotopic (exact) mass is 280 g/mol. The van der Waals surface area contributed by atoms with Crippen LogP contribution in [0.3, 0.4) is 0 Å². The van der Waals surface area contributed by atoms with Crippen LogP contribution < -0.4 is 10.2 Å². The molecular formula is C16H32N4. The number of aromatic nitrogens is 2. The van der Waals surface area contributed by atoms with E-state index in [2.05, 4.69) is 63.9 Å². The smallest absolute Gasteiger partial charge is 0.131 e. The highest BCUT2D eigenvalue weighted by Gasteiger charge is 2.20. The van der Waals surface area contributed by atoms with Crippen molar-refractivity contribution in [2.75, 3.05) is 25.0 Å². The summed E-state index contributed by atoms with van der Waals surface area (Å²) in [5.74, 6) is 1.90. The van der Waals surface area contributed by atoms with Gasteiger partial charge in [-0.25, -0.2) is 0 Å². The van der Waals surface area contributed by atoms with Gasteiger partial charge in [-0.05, 0) is 24.8 Å². The lowest BCUT2D eigenvalue weighted by atomic mass is 9.96. The number of nitrogens with one attached hydrogen (secondary N) is 1. The predicted molar refractivity (Wildman–Crippen MR) is 87.2 cm³/mol. The predicted octanol–water partition coefficient (Wildman–Crippen LogP) is 2.96. The van der Waals surface area contributed by atoms with Gasteiger partial charge in [0, 0.05) is 32.7 Å². The second-order valence-corrected chi connectivity index (χ2v) is 7.45. The third kappa shape index (κ3) is 4.82. The van der Waals surface area contributed by atoms with Gasteiger partial charge in [0.1, 0.15) is 5.82 Å². The Morgan fingerprint density at radius 2 is 1.90 bits per heavy atom. The van der Waals surface area contributed by atoms with Crippen molar-refractivity contribution < 1.29 is 0 Å². The molecule has 0 aliphatic heterocycles. The quantitative estimate of drug-likeness (QED) is 0.869. The van der Waals surface area contributed by atoms with E-state index in [1.54, 1.807) is 0 Å². The summed E-state index contributed by atoms with van der Waals surface area (Å²) in [4.78, 5) is 2.33. The molecule has 0 radical (unpaired) electrons. The molecule has 4 heteroatoms. The summed E-state index contributed by atoms with van der Waals surface area (Å²) in [7, 11) is 4.20. The van der Waals surface area contributed by atoms with Gasteiger partial charge in [-0.15, -0.1) is 0 Å². The van der Waals surface area contributed by atoms with Crippen molar-refractivity contribution in [1.82, 2.24) is 15.1 Å². The molecule has 1 N–H and O–H groups in total. The maximum Gasteiger partial charge on any atom is 0.131 e. The zero-order chi connectivity index (χ0) is 15.5. The average Bonchev–Trinajstić information content (AvgIpc) is 2.50. The molecule has 1 heterocycles. The molecule has 0 saturated heterocycles. The van der Waals surface area contributed by atoms with Crippen LogP contribution in [0.1, 0.15) is 45.9 Å². The van der Waals surface area contributed by atoms with E-state index in [0.717, 1.165) is 25.3 Å². The Hall–Kier alpha value is -1.03. The summed E-state index contributed by atoms with van der Waals surface area (Å²) in [6, 6.07) is 0. The molecule has 116 valence electrons. The summed E-state index contributed by atoms with van der Waals surface area (Å²) in [5, 5.41) is 8.13. The highest BCUT2D eigenvalue weighted by atomic mass is 15.4. The van der Waals surface area contributed by atoms with Gasteiger partial charge in [-0.1, -0.05) is 34.6 Å². The Morgan fingerprint density at radius 3 is 2.40 bits per heavy atom. The molecule has 1 aromatic heterocycles. The van der Waals surface area contributed by atoms with Crippen LogP contribution in [0, 0.1) is 18.3 Å². The van der Waals surface area contributed by atoms with Crippen molar-refractivity contribution in [1.29, 1.82) is 0 Å². The molecular weight excluding hydrogens is 248 g/mol. The van der Waals surface area contributed by atoms with Gasteiger partial charge in [0.15, 0.2) is 0 Å². The molecule has 1 aromatic rings. The minimum Gasteiger partial charge on any atom is -0.359 e. The minimum atomic E-state index is 0.273. The summed E-state index contributed by atoms with van der Waals surface area (Å²) >= 11 is 0. The van der Waals surface area contributed by atoms with Crippen LogP contribution >= 0.6 is 0 Å². The molecule has 0 aromatic carbocycles. The normalized spacial score (nSPS) is 12.2. The molecule has 0 fully saturated rings. The van der Waals surface area contributed by atoms with E-state index in [-0.39, 0.29) is 5.41 Å².